The smallest absolute Gasteiger partial charge is 0.417 e. The molecule has 1 fully saturated rings. The Hall–Kier alpha value is -2.04. The summed E-state index contributed by atoms with van der Waals surface area (Å²) in [6.45, 7) is 5.75. The number of hydrogen-bond acceptors (Lipinski definition) is 4. The van der Waals surface area contributed by atoms with Crippen LogP contribution >= 0.6 is 0 Å². The molecule has 2 heterocycles. The summed E-state index contributed by atoms with van der Waals surface area (Å²) in [5, 5.41) is 0. The Morgan fingerprint density at radius 1 is 1.38 bits per heavy atom. The summed E-state index contributed by atoms with van der Waals surface area (Å²) in [5.41, 5.74) is -0.0394. The number of carbonyl (C=O) groups is 2. The van der Waals surface area contributed by atoms with Crippen molar-refractivity contribution in [3.05, 3.63) is 29.7 Å². The van der Waals surface area contributed by atoms with Crippen LogP contribution in [-0.2, 0) is 9.53 Å². The van der Waals surface area contributed by atoms with Crippen LogP contribution in [0.4, 0.5) is 4.79 Å². The quantitative estimate of drug-likeness (QED) is 0.742. The van der Waals surface area contributed by atoms with Gasteiger partial charge in [-0.2, -0.15) is 0 Å². The minimum absolute atomic E-state index is 0.293. The molecule has 1 aliphatic rings. The van der Waals surface area contributed by atoms with E-state index < -0.39 is 11.7 Å². The summed E-state index contributed by atoms with van der Waals surface area (Å²) in [5.74, 6) is 0.322. The van der Waals surface area contributed by atoms with Crippen LogP contribution in [0.1, 0.15) is 45.8 Å². The molecule has 0 aliphatic carbocycles. The van der Waals surface area contributed by atoms with Gasteiger partial charge in [0, 0.05) is 12.1 Å². The van der Waals surface area contributed by atoms with Gasteiger partial charge in [0.1, 0.15) is 11.4 Å². The third-order valence-electron chi connectivity index (χ3n) is 3.07. The average Bonchev–Trinajstić information content (AvgIpc) is 2.80. The molecule has 5 nitrogen and oxygen atoms in total. The fraction of sp³-hybridized carbons (Fsp3) is 0.500. The Morgan fingerprint density at radius 2 is 2.14 bits per heavy atom. The Kier molecular flexibility index (Phi) is 4.50. The van der Waals surface area contributed by atoms with Crippen molar-refractivity contribution in [2.45, 2.75) is 45.6 Å². The molecule has 2 rings (SSSR count). The van der Waals surface area contributed by atoms with Crippen LogP contribution in [0, 0.1) is 0 Å². The van der Waals surface area contributed by atoms with Gasteiger partial charge in [-0.25, -0.2) is 9.69 Å². The SMILES string of the molecule is CC(C)(C)OC(=O)N1CCCC/C(=C\c2ccco2)C1=O. The highest BCUT2D eigenvalue weighted by molar-refractivity contribution is 6.05. The first-order valence-electron chi connectivity index (χ1n) is 7.16. The van der Waals surface area contributed by atoms with Crippen molar-refractivity contribution in [3.63, 3.8) is 0 Å². The molecule has 0 aromatic carbocycles. The fourth-order valence-corrected chi connectivity index (χ4v) is 2.14. The Morgan fingerprint density at radius 3 is 2.76 bits per heavy atom. The van der Waals surface area contributed by atoms with E-state index in [-0.39, 0.29) is 5.91 Å². The van der Waals surface area contributed by atoms with Gasteiger partial charge in [-0.3, -0.25) is 4.79 Å². The van der Waals surface area contributed by atoms with Gasteiger partial charge < -0.3 is 9.15 Å². The zero-order valence-electron chi connectivity index (χ0n) is 12.7. The molecule has 2 amide bonds. The second-order valence-electron chi connectivity index (χ2n) is 6.08. The lowest BCUT2D eigenvalue weighted by atomic mass is 10.1. The lowest BCUT2D eigenvalue weighted by Crippen LogP contribution is -2.41. The monoisotopic (exact) mass is 291 g/mol. The standard InChI is InChI=1S/C16H21NO4/c1-16(2,3)21-15(19)17-9-5-4-7-12(14(17)18)11-13-8-6-10-20-13/h6,8,10-11H,4-5,7,9H2,1-3H3/b12-11+. The van der Waals surface area contributed by atoms with Crippen LogP contribution in [0.25, 0.3) is 6.08 Å². The van der Waals surface area contributed by atoms with Gasteiger partial charge in [0.25, 0.3) is 5.91 Å². The molecule has 21 heavy (non-hydrogen) atoms. The zero-order valence-corrected chi connectivity index (χ0v) is 12.7. The molecule has 5 heteroatoms. The molecule has 0 unspecified atom stereocenters. The summed E-state index contributed by atoms with van der Waals surface area (Å²) in [6.07, 6.45) is 4.95. The largest absolute Gasteiger partial charge is 0.465 e. The van der Waals surface area contributed by atoms with Crippen LogP contribution in [0.5, 0.6) is 0 Å². The lowest BCUT2D eigenvalue weighted by molar-refractivity contribution is -0.126. The molecule has 1 aromatic heterocycles. The van der Waals surface area contributed by atoms with E-state index in [1.54, 1.807) is 45.2 Å². The Bertz CT molecular complexity index is 537. The van der Waals surface area contributed by atoms with Crippen molar-refractivity contribution < 1.29 is 18.7 Å². The van der Waals surface area contributed by atoms with Crippen LogP contribution in [0.3, 0.4) is 0 Å². The van der Waals surface area contributed by atoms with Gasteiger partial charge in [-0.1, -0.05) is 0 Å². The summed E-state index contributed by atoms with van der Waals surface area (Å²) >= 11 is 0. The van der Waals surface area contributed by atoms with E-state index in [9.17, 15) is 9.59 Å². The van der Waals surface area contributed by atoms with Crippen LogP contribution < -0.4 is 0 Å². The Balaban J connectivity index is 2.19. The minimum atomic E-state index is -0.617. The number of carbonyl (C=O) groups excluding carboxylic acids is 2. The predicted octanol–water partition coefficient (Wildman–Crippen LogP) is 3.61. The van der Waals surface area contributed by atoms with E-state index in [1.807, 2.05) is 0 Å². The van der Waals surface area contributed by atoms with E-state index in [2.05, 4.69) is 0 Å². The van der Waals surface area contributed by atoms with Gasteiger partial charge in [0.15, 0.2) is 0 Å². The van der Waals surface area contributed by atoms with Crippen LogP contribution in [-0.4, -0.2) is 29.0 Å². The third-order valence-corrected chi connectivity index (χ3v) is 3.07. The summed E-state index contributed by atoms with van der Waals surface area (Å²) in [4.78, 5) is 25.9. The van der Waals surface area contributed by atoms with Gasteiger partial charge in [-0.05, 0) is 58.2 Å². The first kappa shape index (κ1) is 15.4. The highest BCUT2D eigenvalue weighted by Gasteiger charge is 2.30. The molecule has 0 atom stereocenters. The average molecular weight is 291 g/mol. The van der Waals surface area contributed by atoms with Crippen molar-refractivity contribution in [3.8, 4) is 0 Å². The normalized spacial score (nSPS) is 18.7. The first-order chi connectivity index (χ1) is 9.87. The maximum atomic E-state index is 12.5. The molecule has 0 N–H and O–H groups in total. The number of likely N-dealkylation sites (tertiary alicyclic amines) is 1. The van der Waals surface area contributed by atoms with E-state index in [4.69, 9.17) is 9.15 Å². The molecular formula is C16H21NO4. The molecule has 1 aromatic rings. The second kappa shape index (κ2) is 6.16. The topological polar surface area (TPSA) is 59.8 Å². The molecule has 1 aliphatic heterocycles. The highest BCUT2D eigenvalue weighted by Crippen LogP contribution is 2.22. The lowest BCUT2D eigenvalue weighted by Gasteiger charge is -2.25. The summed E-state index contributed by atoms with van der Waals surface area (Å²) < 4.78 is 10.5. The second-order valence-corrected chi connectivity index (χ2v) is 6.08. The number of amides is 2. The Labute approximate surface area is 124 Å². The summed E-state index contributed by atoms with van der Waals surface area (Å²) in [7, 11) is 0. The summed E-state index contributed by atoms with van der Waals surface area (Å²) in [6, 6.07) is 3.54. The van der Waals surface area contributed by atoms with Crippen molar-refractivity contribution in [1.82, 2.24) is 4.90 Å². The number of nitrogens with zero attached hydrogens (tertiary/aromatic N) is 1. The maximum Gasteiger partial charge on any atom is 0.417 e. The molecule has 1 saturated heterocycles. The van der Waals surface area contributed by atoms with Crippen LogP contribution in [0.2, 0.25) is 0 Å². The molecule has 0 spiro atoms. The molecule has 0 bridgehead atoms. The minimum Gasteiger partial charge on any atom is -0.465 e. The molecule has 0 radical (unpaired) electrons. The molecule has 0 saturated carbocycles. The van der Waals surface area contributed by atoms with Gasteiger partial charge >= 0.3 is 6.09 Å². The van der Waals surface area contributed by atoms with Gasteiger partial charge in [0.2, 0.25) is 0 Å². The molecular weight excluding hydrogens is 270 g/mol. The molecule has 114 valence electrons. The van der Waals surface area contributed by atoms with E-state index in [0.29, 0.717) is 24.3 Å². The third kappa shape index (κ3) is 4.21. The zero-order chi connectivity index (χ0) is 15.5. The first-order valence-corrected chi connectivity index (χ1v) is 7.16. The van der Waals surface area contributed by atoms with Crippen molar-refractivity contribution >= 4 is 18.1 Å². The number of imide groups is 1. The van der Waals surface area contributed by atoms with E-state index >= 15 is 0 Å². The fourth-order valence-electron chi connectivity index (χ4n) is 2.14. The number of rotatable bonds is 1. The van der Waals surface area contributed by atoms with E-state index in [1.165, 1.54) is 4.90 Å². The van der Waals surface area contributed by atoms with Crippen molar-refractivity contribution in [2.24, 2.45) is 0 Å². The highest BCUT2D eigenvalue weighted by atomic mass is 16.6. The predicted molar refractivity (Wildman–Crippen MR) is 78.5 cm³/mol. The maximum absolute atomic E-state index is 12.5. The van der Waals surface area contributed by atoms with Gasteiger partial charge in [0.05, 0.1) is 6.26 Å². The number of ether oxygens (including phenoxy) is 1. The van der Waals surface area contributed by atoms with Crippen molar-refractivity contribution in [1.29, 1.82) is 0 Å². The van der Waals surface area contributed by atoms with E-state index in [0.717, 1.165) is 12.8 Å². The van der Waals surface area contributed by atoms with Gasteiger partial charge in [-0.15, -0.1) is 0 Å². The van der Waals surface area contributed by atoms with Crippen molar-refractivity contribution in [2.75, 3.05) is 6.54 Å². The number of furan rings is 1. The van der Waals surface area contributed by atoms with Crippen LogP contribution in [0.15, 0.2) is 28.4 Å². The number of hydrogen-bond donors (Lipinski definition) is 0.